The van der Waals surface area contributed by atoms with E-state index in [0.717, 1.165) is 110 Å². The van der Waals surface area contributed by atoms with Gasteiger partial charge in [0.05, 0.1) is 22.5 Å². The van der Waals surface area contributed by atoms with Crippen LogP contribution in [0.1, 0.15) is 84.6 Å². The summed E-state index contributed by atoms with van der Waals surface area (Å²) < 4.78 is 0. The van der Waals surface area contributed by atoms with E-state index in [2.05, 4.69) is 175 Å². The first-order chi connectivity index (χ1) is 43.1. The number of aliphatic hydroxyl groups is 1. The summed E-state index contributed by atoms with van der Waals surface area (Å²) in [6, 6.07) is 81.3. The molecule has 2 atom stereocenters. The first kappa shape index (κ1) is 60.0. The maximum atomic E-state index is 15.3. The van der Waals surface area contributed by atoms with Crippen molar-refractivity contribution in [1.29, 1.82) is 0 Å². The highest BCUT2D eigenvalue weighted by atomic mass is 31.1. The first-order valence-corrected chi connectivity index (χ1v) is 32.5. The van der Waals surface area contributed by atoms with Crippen molar-refractivity contribution in [3.63, 3.8) is 0 Å². The highest BCUT2D eigenvalue weighted by molar-refractivity contribution is 7.74. The maximum Gasteiger partial charge on any atom is 0.227 e. The Labute approximate surface area is 520 Å². The molecule has 11 rings (SSSR count). The number of amides is 2. The van der Waals surface area contributed by atoms with Crippen molar-refractivity contribution in [1.82, 2.24) is 5.32 Å². The fourth-order valence-electron chi connectivity index (χ4n) is 11.9. The Morgan fingerprint density at radius 2 is 0.841 bits per heavy atom. The number of aliphatic hydroxyl groups excluding tert-OH is 1. The third-order valence-electron chi connectivity index (χ3n) is 17.0. The molecule has 0 spiro atoms. The molecule has 2 amide bonds. The molecule has 0 aliphatic heterocycles. The number of allylic oxidation sites excluding steroid dienone is 5. The van der Waals surface area contributed by atoms with Gasteiger partial charge >= 0.3 is 0 Å². The van der Waals surface area contributed by atoms with Crippen LogP contribution in [0.25, 0.3) is 50.1 Å². The number of carbonyl (C=O) groups excluding carboxylic acids is 3. The summed E-state index contributed by atoms with van der Waals surface area (Å²) >= 11 is 0. The number of nitrogens with zero attached hydrogens (tertiary/aromatic N) is 1. The maximum absolute atomic E-state index is 15.3. The molecule has 0 heterocycles. The molecule has 2 aliphatic carbocycles. The molecule has 8 heteroatoms. The quantitative estimate of drug-likeness (QED) is 0.0464. The van der Waals surface area contributed by atoms with Crippen LogP contribution in [0.15, 0.2) is 277 Å². The minimum atomic E-state index is -1.22. The molecule has 0 fully saturated rings. The smallest absolute Gasteiger partial charge is 0.227 e. The van der Waals surface area contributed by atoms with Crippen molar-refractivity contribution in [2.24, 2.45) is 11.8 Å². The van der Waals surface area contributed by atoms with Gasteiger partial charge in [0.2, 0.25) is 17.6 Å². The van der Waals surface area contributed by atoms with E-state index < -0.39 is 7.55 Å². The minimum Gasteiger partial charge on any atom is -0.506 e. The van der Waals surface area contributed by atoms with E-state index in [0.29, 0.717) is 41.8 Å². The Kier molecular flexibility index (Phi) is 19.3. The van der Waals surface area contributed by atoms with E-state index in [4.69, 9.17) is 0 Å². The largest absolute Gasteiger partial charge is 0.506 e. The van der Waals surface area contributed by atoms with Crippen molar-refractivity contribution in [2.75, 3.05) is 10.2 Å². The molecule has 0 saturated heterocycles. The van der Waals surface area contributed by atoms with Crippen LogP contribution < -0.4 is 26.1 Å². The standard InChI is InChI=1S/C80H74N3O4P/c1-5-9-23-55(7-3)79(86)81-73-53-67(83(65-41-33-61(34-42-65)57-25-15-11-16-26-57)66-43-35-62(36-44-66)58-27-17-12-18-28-58)45-51-71(73)75-77(84)76(78(75)85)72-52-50-70(54-74(72)82-80(87)56(8-4)24-10-6-2)88(68-46-37-63(38-47-68)59-29-19-13-20-30-59)69-48-39-64(40-49-69)60-31-21-14-22-32-60/h11-22,25-56H,5-10,23-24H2,1-4H3,(H2-,81,82,84,85,86,87)/p+1. The molecule has 7 nitrogen and oxygen atoms in total. The van der Waals surface area contributed by atoms with Gasteiger partial charge in [-0.3, -0.25) is 14.4 Å². The Morgan fingerprint density at radius 1 is 0.455 bits per heavy atom. The highest BCUT2D eigenvalue weighted by Gasteiger charge is 2.41. The molecule has 0 bridgehead atoms. The monoisotopic (exact) mass is 1170 g/mol. The van der Waals surface area contributed by atoms with Crippen LogP contribution in [-0.2, 0) is 14.4 Å². The molecule has 2 aliphatic rings. The second kappa shape index (κ2) is 28.2. The topological polar surface area (TPSA) is 98.7 Å². The van der Waals surface area contributed by atoms with Gasteiger partial charge in [-0.05, 0) is 173 Å². The van der Waals surface area contributed by atoms with Gasteiger partial charge in [-0.15, -0.1) is 0 Å². The van der Waals surface area contributed by atoms with Crippen molar-refractivity contribution in [3.05, 3.63) is 283 Å². The third-order valence-corrected chi connectivity index (χ3v) is 19.4. The molecule has 0 saturated carbocycles. The zero-order chi connectivity index (χ0) is 60.9. The van der Waals surface area contributed by atoms with Gasteiger partial charge in [-0.1, -0.05) is 199 Å². The second-order valence-corrected chi connectivity index (χ2v) is 24.9. The lowest BCUT2D eigenvalue weighted by molar-refractivity contribution is -0.124. The summed E-state index contributed by atoms with van der Waals surface area (Å²) in [4.78, 5) is 46.6. The average Bonchev–Trinajstić information content (AvgIpc) is 0.914. The molecule has 0 aromatic heterocycles. The molecule has 9 aromatic rings. The predicted octanol–water partition coefficient (Wildman–Crippen LogP) is 19.2. The summed E-state index contributed by atoms with van der Waals surface area (Å²) in [5.74, 6) is -1.39. The van der Waals surface area contributed by atoms with E-state index in [-0.39, 0.29) is 46.3 Å². The molecular weight excluding hydrogens is 1100 g/mol. The fraction of sp³-hybridized carbons (Fsp3) is 0.175. The molecule has 3 N–H and O–H groups in total. The van der Waals surface area contributed by atoms with E-state index in [1.807, 2.05) is 123 Å². The molecule has 9 aromatic carbocycles. The minimum absolute atomic E-state index is 0.0967. The molecule has 2 unspecified atom stereocenters. The van der Waals surface area contributed by atoms with Crippen LogP contribution in [0.4, 0.5) is 22.7 Å². The van der Waals surface area contributed by atoms with Crippen LogP contribution in [0.2, 0.25) is 0 Å². The van der Waals surface area contributed by atoms with Gasteiger partial charge in [-0.25, -0.2) is 0 Å². The van der Waals surface area contributed by atoms with Crippen LogP contribution in [0, 0.1) is 11.8 Å². The van der Waals surface area contributed by atoms with E-state index in [1.54, 1.807) is 0 Å². The van der Waals surface area contributed by atoms with Gasteiger partial charge < -0.3 is 20.6 Å². The Bertz CT molecular complexity index is 3930. The number of unbranched alkanes of at least 4 members (excludes halogenated alkanes) is 2. The number of ketones is 1. The summed E-state index contributed by atoms with van der Waals surface area (Å²) in [5, 5.41) is 22.5. The van der Waals surface area contributed by atoms with Crippen molar-refractivity contribution in [3.8, 4) is 44.5 Å². The third kappa shape index (κ3) is 13.3. The number of benzene rings is 9. The van der Waals surface area contributed by atoms with Crippen LogP contribution in [0.5, 0.6) is 0 Å². The van der Waals surface area contributed by atoms with E-state index >= 15 is 4.79 Å². The van der Waals surface area contributed by atoms with Crippen molar-refractivity contribution < 1.29 is 19.5 Å². The first-order valence-electron chi connectivity index (χ1n) is 31.1. The van der Waals surface area contributed by atoms with Crippen LogP contribution >= 0.6 is 7.55 Å². The number of rotatable bonds is 22. The average molecular weight is 1170 g/mol. The van der Waals surface area contributed by atoms with Gasteiger partial charge in [0, 0.05) is 46.1 Å². The lowest BCUT2D eigenvalue weighted by atomic mass is 9.78. The van der Waals surface area contributed by atoms with E-state index in [9.17, 15) is 14.7 Å². The Balaban J connectivity index is 1.04. The highest BCUT2D eigenvalue weighted by Crippen LogP contribution is 2.46. The molecule has 0 radical (unpaired) electrons. The molecular formula is C80H75N3O4P+. The van der Waals surface area contributed by atoms with Crippen LogP contribution in [0.3, 0.4) is 0 Å². The fourth-order valence-corrected chi connectivity index (χ4v) is 14.2. The Morgan fingerprint density at radius 3 is 1.24 bits per heavy atom. The van der Waals surface area contributed by atoms with Gasteiger partial charge in [0.15, 0.2) is 23.4 Å². The zero-order valence-electron chi connectivity index (χ0n) is 50.6. The van der Waals surface area contributed by atoms with Crippen molar-refractivity contribution in [2.45, 2.75) is 79.1 Å². The SMILES string of the molecule is CCCCC(CC)C(=O)NC1=CC(=[P+](c2ccc(-c3ccccc3)cc2)c2ccc(-c3ccccc3)cc2)C=C/C1=C1\C(=O)C(c2ccc(N(c3ccc(-c4ccccc4)cc3)c3ccc(-c4ccccc4)cc3)cc2NC(=O)C(CC)CCCC)=C1O. The summed E-state index contributed by atoms with van der Waals surface area (Å²) in [6.07, 6.45) is 12.4. The Hall–Kier alpha value is -9.68. The zero-order valence-corrected chi connectivity index (χ0v) is 51.5. The lowest BCUT2D eigenvalue weighted by Gasteiger charge is -2.30. The normalized spacial score (nSPS) is 14.4. The van der Waals surface area contributed by atoms with Gasteiger partial charge in [-0.2, -0.15) is 0 Å². The molecule has 438 valence electrons. The number of hydrogen-bond acceptors (Lipinski definition) is 5. The number of carbonyl (C=O) groups is 3. The summed E-state index contributed by atoms with van der Waals surface area (Å²) in [5.41, 5.74) is 13.3. The lowest BCUT2D eigenvalue weighted by Crippen LogP contribution is -2.33. The second-order valence-electron chi connectivity index (χ2n) is 22.7. The number of hydrogen-bond donors (Lipinski definition) is 3. The summed E-state index contributed by atoms with van der Waals surface area (Å²) in [7, 11) is -1.22. The number of anilines is 4. The van der Waals surface area contributed by atoms with E-state index in [1.165, 1.54) is 0 Å². The van der Waals surface area contributed by atoms with Gasteiger partial charge in [0.1, 0.15) is 5.76 Å². The van der Waals surface area contributed by atoms with Crippen molar-refractivity contribution >= 4 is 69.4 Å². The van der Waals surface area contributed by atoms with Gasteiger partial charge in [0.25, 0.3) is 0 Å². The number of Topliss-reactive ketones (excluding diaryl/α,β-unsaturated/α-hetero) is 1. The van der Waals surface area contributed by atoms with Crippen LogP contribution in [-0.4, -0.2) is 28.0 Å². The molecule has 88 heavy (non-hydrogen) atoms. The predicted molar refractivity (Wildman–Crippen MR) is 369 cm³/mol. The number of nitrogens with one attached hydrogen (secondary N) is 2. The summed E-state index contributed by atoms with van der Waals surface area (Å²) in [6.45, 7) is 8.32.